The van der Waals surface area contributed by atoms with Gasteiger partial charge in [-0.2, -0.15) is 0 Å². The van der Waals surface area contributed by atoms with Crippen molar-refractivity contribution in [2.45, 2.75) is 39.5 Å². The molecule has 2 aliphatic rings. The van der Waals surface area contributed by atoms with Crippen LogP contribution < -0.4 is 10.1 Å². The van der Waals surface area contributed by atoms with Gasteiger partial charge in [0.15, 0.2) is 17.3 Å². The number of carbonyl (C=O) groups is 2. The molecule has 0 bridgehead atoms. The number of halogens is 1. The Morgan fingerprint density at radius 1 is 1.38 bits per heavy atom. The molecule has 2 N–H and O–H groups in total. The fourth-order valence-corrected chi connectivity index (χ4v) is 4.47. The molecule has 156 valence electrons. The number of phenolic OH excluding ortho intramolecular Hbond substituents is 1. The van der Waals surface area contributed by atoms with Crippen LogP contribution in [-0.2, 0) is 14.3 Å². The van der Waals surface area contributed by atoms with Crippen LogP contribution in [0.2, 0.25) is 5.02 Å². The minimum Gasteiger partial charge on any atom is -0.503 e. The molecule has 3 rings (SSSR count). The molecule has 2 unspecified atom stereocenters. The Hall–Kier alpha value is -2.47. The van der Waals surface area contributed by atoms with Crippen LogP contribution in [0.1, 0.15) is 45.1 Å². The van der Waals surface area contributed by atoms with Crippen molar-refractivity contribution >= 4 is 23.4 Å². The summed E-state index contributed by atoms with van der Waals surface area (Å²) in [6.45, 7) is 10.2. The van der Waals surface area contributed by atoms with Crippen molar-refractivity contribution < 1.29 is 24.2 Å². The maximum Gasteiger partial charge on any atom is 0.315 e. The first-order chi connectivity index (χ1) is 13.6. The lowest BCUT2D eigenvalue weighted by atomic mass is 9.66. The number of esters is 1. The van der Waals surface area contributed by atoms with Crippen LogP contribution in [0.5, 0.6) is 11.5 Å². The molecular formula is C22H26ClNO5. The Morgan fingerprint density at radius 2 is 2.07 bits per heavy atom. The molecule has 1 heterocycles. The molecule has 1 aromatic rings. The maximum atomic E-state index is 13.2. The molecule has 0 fully saturated rings. The summed E-state index contributed by atoms with van der Waals surface area (Å²) in [5.74, 6) is -1.94. The molecule has 0 aromatic heterocycles. The summed E-state index contributed by atoms with van der Waals surface area (Å²) in [4.78, 5) is 25.8. The number of Topliss-reactive ketones (excluding diaryl/α,β-unsaturated/α-hetero) is 1. The minimum atomic E-state index is -0.806. The van der Waals surface area contributed by atoms with E-state index in [4.69, 9.17) is 21.1 Å². The number of nitrogens with one attached hydrogen (secondary N) is 1. The third-order valence-corrected chi connectivity index (χ3v) is 5.70. The van der Waals surface area contributed by atoms with Crippen molar-refractivity contribution in [3.05, 3.63) is 46.3 Å². The third-order valence-electron chi connectivity index (χ3n) is 5.42. The Bertz CT molecular complexity index is 918. The van der Waals surface area contributed by atoms with Gasteiger partial charge in [0.05, 0.1) is 18.7 Å². The molecule has 0 saturated carbocycles. The lowest BCUT2D eigenvalue weighted by molar-refractivity contribution is -0.144. The van der Waals surface area contributed by atoms with Gasteiger partial charge in [0.2, 0.25) is 0 Å². The van der Waals surface area contributed by atoms with E-state index in [0.29, 0.717) is 36.3 Å². The fourth-order valence-electron chi connectivity index (χ4n) is 4.25. The van der Waals surface area contributed by atoms with Gasteiger partial charge in [-0.05, 0) is 36.5 Å². The van der Waals surface area contributed by atoms with Crippen molar-refractivity contribution in [3.8, 4) is 11.5 Å². The maximum absolute atomic E-state index is 13.2. The van der Waals surface area contributed by atoms with Crippen molar-refractivity contribution in [1.82, 2.24) is 5.32 Å². The zero-order valence-corrected chi connectivity index (χ0v) is 17.9. The smallest absolute Gasteiger partial charge is 0.315 e. The van der Waals surface area contributed by atoms with Crippen LogP contribution in [0, 0.1) is 11.3 Å². The zero-order chi connectivity index (χ0) is 21.5. The van der Waals surface area contributed by atoms with Crippen molar-refractivity contribution in [3.63, 3.8) is 0 Å². The van der Waals surface area contributed by atoms with Crippen LogP contribution >= 0.6 is 11.6 Å². The highest BCUT2D eigenvalue weighted by Crippen LogP contribution is 2.50. The summed E-state index contributed by atoms with van der Waals surface area (Å²) in [7, 11) is 1.30. The number of hydrogen-bond donors (Lipinski definition) is 2. The second kappa shape index (κ2) is 7.75. The monoisotopic (exact) mass is 419 g/mol. The molecule has 2 atom stereocenters. The molecule has 0 radical (unpaired) electrons. The molecule has 6 nitrogen and oxygen atoms in total. The second-order valence-corrected chi connectivity index (χ2v) is 8.65. The fraction of sp³-hybridized carbons (Fsp3) is 0.455. The van der Waals surface area contributed by atoms with Gasteiger partial charge in [-0.1, -0.05) is 32.0 Å². The number of benzene rings is 1. The molecule has 0 amide bonds. The Morgan fingerprint density at radius 3 is 2.69 bits per heavy atom. The topological polar surface area (TPSA) is 84.9 Å². The quantitative estimate of drug-likeness (QED) is 0.715. The van der Waals surface area contributed by atoms with E-state index in [0.717, 1.165) is 5.70 Å². The highest BCUT2D eigenvalue weighted by molar-refractivity contribution is 6.32. The van der Waals surface area contributed by atoms with Gasteiger partial charge in [0.25, 0.3) is 0 Å². The highest BCUT2D eigenvalue weighted by atomic mass is 35.5. The average Bonchev–Trinajstić information content (AvgIpc) is 2.62. The van der Waals surface area contributed by atoms with Gasteiger partial charge in [-0.3, -0.25) is 9.59 Å². The van der Waals surface area contributed by atoms with Gasteiger partial charge in [-0.25, -0.2) is 0 Å². The van der Waals surface area contributed by atoms with Gasteiger partial charge < -0.3 is 19.9 Å². The number of phenols is 1. The SMILES string of the molecule is C=C1NC2=C(C(=O)CC(C)(C)C2)C(c2cc(Cl)c(O)c(OCC)c2)C1C(=O)OC. The van der Waals surface area contributed by atoms with Gasteiger partial charge in [0, 0.05) is 29.3 Å². The van der Waals surface area contributed by atoms with Crippen LogP contribution in [0.4, 0.5) is 0 Å². The predicted octanol–water partition coefficient (Wildman–Crippen LogP) is 4.08. The first-order valence-corrected chi connectivity index (χ1v) is 9.92. The number of ether oxygens (including phenoxy) is 2. The highest BCUT2D eigenvalue weighted by Gasteiger charge is 2.46. The Labute approximate surface area is 175 Å². The summed E-state index contributed by atoms with van der Waals surface area (Å²) in [5, 5.41) is 13.5. The average molecular weight is 420 g/mol. The lowest BCUT2D eigenvalue weighted by Gasteiger charge is -2.42. The number of aromatic hydroxyl groups is 1. The number of carbonyl (C=O) groups excluding carboxylic acids is 2. The second-order valence-electron chi connectivity index (χ2n) is 8.24. The summed E-state index contributed by atoms with van der Waals surface area (Å²) >= 11 is 6.24. The largest absolute Gasteiger partial charge is 0.503 e. The zero-order valence-electron chi connectivity index (χ0n) is 17.1. The van der Waals surface area contributed by atoms with Crippen LogP contribution in [0.15, 0.2) is 35.7 Å². The molecule has 0 saturated heterocycles. The van der Waals surface area contributed by atoms with E-state index in [1.807, 2.05) is 13.8 Å². The molecule has 1 aromatic carbocycles. The molecule has 1 aliphatic carbocycles. The van der Waals surface area contributed by atoms with Gasteiger partial charge in [-0.15, -0.1) is 0 Å². The molecular weight excluding hydrogens is 394 g/mol. The number of rotatable bonds is 4. The van der Waals surface area contributed by atoms with Crippen LogP contribution in [-0.4, -0.2) is 30.6 Å². The van der Waals surface area contributed by atoms with Crippen molar-refractivity contribution in [1.29, 1.82) is 0 Å². The van der Waals surface area contributed by atoms with E-state index in [1.54, 1.807) is 19.1 Å². The summed E-state index contributed by atoms with van der Waals surface area (Å²) in [6, 6.07) is 3.19. The predicted molar refractivity (Wildman–Crippen MR) is 110 cm³/mol. The molecule has 29 heavy (non-hydrogen) atoms. The minimum absolute atomic E-state index is 0.0303. The van der Waals surface area contributed by atoms with E-state index in [9.17, 15) is 14.7 Å². The van der Waals surface area contributed by atoms with Crippen LogP contribution in [0.25, 0.3) is 0 Å². The summed E-state index contributed by atoms with van der Waals surface area (Å²) in [5.41, 5.74) is 2.16. The van der Waals surface area contributed by atoms with E-state index in [1.165, 1.54) is 7.11 Å². The van der Waals surface area contributed by atoms with Crippen molar-refractivity contribution in [2.24, 2.45) is 11.3 Å². The normalized spacial score (nSPS) is 23.3. The van der Waals surface area contributed by atoms with Gasteiger partial charge in [0.1, 0.15) is 5.92 Å². The molecule has 0 spiro atoms. The lowest BCUT2D eigenvalue weighted by Crippen LogP contribution is -2.43. The number of methoxy groups -OCH3 is 1. The van der Waals surface area contributed by atoms with E-state index in [2.05, 4.69) is 11.9 Å². The first-order valence-electron chi connectivity index (χ1n) is 9.54. The van der Waals surface area contributed by atoms with Crippen molar-refractivity contribution in [2.75, 3.05) is 13.7 Å². The van der Waals surface area contributed by atoms with E-state index in [-0.39, 0.29) is 27.7 Å². The third kappa shape index (κ3) is 3.86. The Kier molecular flexibility index (Phi) is 5.68. The first kappa shape index (κ1) is 21.2. The van der Waals surface area contributed by atoms with E-state index < -0.39 is 17.8 Å². The summed E-state index contributed by atoms with van der Waals surface area (Å²) < 4.78 is 10.5. The Balaban J connectivity index is 2.24. The number of allylic oxidation sites excluding steroid dienone is 2. The molecule has 1 aliphatic heterocycles. The standard InChI is InChI=1S/C22H26ClNO5/c1-6-29-16-8-12(7-13(23)20(16)26)18-17(21(27)28-5)11(2)24-14-9-22(3,4)10-15(25)19(14)18/h7-8,17-18,24,26H,2,6,9-10H2,1,3-5H3. The van der Waals surface area contributed by atoms with E-state index >= 15 is 0 Å². The van der Waals surface area contributed by atoms with Gasteiger partial charge >= 0.3 is 5.97 Å². The van der Waals surface area contributed by atoms with Crippen LogP contribution in [0.3, 0.4) is 0 Å². The summed E-state index contributed by atoms with van der Waals surface area (Å²) in [6.07, 6.45) is 1.02. The number of ketones is 1. The number of hydrogen-bond acceptors (Lipinski definition) is 6. The molecule has 7 heteroatoms.